The van der Waals surface area contributed by atoms with Crippen molar-refractivity contribution in [2.24, 2.45) is 17.3 Å². The van der Waals surface area contributed by atoms with E-state index >= 15 is 4.79 Å². The van der Waals surface area contributed by atoms with Crippen molar-refractivity contribution in [2.75, 3.05) is 6.61 Å². The van der Waals surface area contributed by atoms with E-state index < -0.39 is 62.5 Å². The van der Waals surface area contributed by atoms with Crippen LogP contribution in [-0.4, -0.2) is 61.2 Å². The molecule has 278 valence electrons. The normalized spacial score (nSPS) is 17.7. The van der Waals surface area contributed by atoms with Gasteiger partial charge in [-0.3, -0.25) is 14.4 Å². The summed E-state index contributed by atoms with van der Waals surface area (Å²) in [5, 5.41) is 2.29. The van der Waals surface area contributed by atoms with E-state index in [1.54, 1.807) is 27.7 Å². The van der Waals surface area contributed by atoms with Crippen molar-refractivity contribution in [3.8, 4) is 0 Å². The molecular formula is C42H54NO7PSi. The summed E-state index contributed by atoms with van der Waals surface area (Å²) < 4.78 is 18.2. The molecule has 10 heteroatoms. The van der Waals surface area contributed by atoms with E-state index in [-0.39, 0.29) is 23.0 Å². The average Bonchev–Trinajstić information content (AvgIpc) is 3.09. The van der Waals surface area contributed by atoms with Crippen molar-refractivity contribution in [3.05, 3.63) is 104 Å². The fourth-order valence-electron chi connectivity index (χ4n) is 6.35. The molecule has 0 bridgehead atoms. The molecule has 0 N–H and O–H groups in total. The summed E-state index contributed by atoms with van der Waals surface area (Å²) >= 11 is 0. The van der Waals surface area contributed by atoms with Gasteiger partial charge < -0.3 is 18.8 Å². The Morgan fingerprint density at radius 1 is 0.827 bits per heavy atom. The van der Waals surface area contributed by atoms with Gasteiger partial charge >= 0.3 is 17.9 Å². The fourth-order valence-corrected chi connectivity index (χ4v) is 12.2. The number of amides is 1. The molecule has 0 radical (unpaired) electrons. The number of β-lactam (4-membered cyclic amide) rings is 1. The average molecular weight is 744 g/mol. The summed E-state index contributed by atoms with van der Waals surface area (Å²) in [5.41, 5.74) is -0.811. The number of likely N-dealkylation sites (tertiary alicyclic amines) is 1. The Kier molecular flexibility index (Phi) is 12.5. The molecule has 0 spiro atoms. The standard InChI is InChI=1S/C42H54NO7PSi/c1-12-28-48-39(46)37(51(31-22-16-13-17-23-31,32-24-18-14-19-25-32)33-26-20-15-21-27-33)43-35(29(2)38(45)49-40(47)41(4,5)6)34(36(43)44)30(3)50-52(10,11)42(7,8)9/h12-27,29-30,34-35H,1,28H2,2-11H3. The molecule has 1 saturated heterocycles. The molecule has 1 aliphatic rings. The van der Waals surface area contributed by atoms with Crippen LogP contribution in [0.15, 0.2) is 104 Å². The van der Waals surface area contributed by atoms with Crippen LogP contribution < -0.4 is 15.9 Å². The van der Waals surface area contributed by atoms with Crippen molar-refractivity contribution >= 4 is 60.3 Å². The number of rotatable bonds is 12. The van der Waals surface area contributed by atoms with E-state index in [0.29, 0.717) is 0 Å². The Morgan fingerprint density at radius 2 is 1.27 bits per heavy atom. The molecule has 0 saturated carbocycles. The monoisotopic (exact) mass is 743 g/mol. The number of carbonyl (C=O) groups excluding carboxylic acids is 4. The molecule has 1 amide bonds. The van der Waals surface area contributed by atoms with Gasteiger partial charge in [0.05, 0.1) is 29.4 Å². The van der Waals surface area contributed by atoms with Crippen LogP contribution in [0.5, 0.6) is 0 Å². The van der Waals surface area contributed by atoms with E-state index in [4.69, 9.17) is 13.9 Å². The van der Waals surface area contributed by atoms with Crippen LogP contribution in [0.25, 0.3) is 0 Å². The molecule has 4 atom stereocenters. The second-order valence-electron chi connectivity index (χ2n) is 15.9. The van der Waals surface area contributed by atoms with Crippen LogP contribution >= 0.6 is 6.89 Å². The molecule has 1 aliphatic heterocycles. The van der Waals surface area contributed by atoms with E-state index in [0.717, 1.165) is 15.9 Å². The zero-order valence-electron chi connectivity index (χ0n) is 32.2. The lowest BCUT2D eigenvalue weighted by molar-refractivity contribution is -0.175. The molecule has 1 heterocycles. The number of benzene rings is 3. The van der Waals surface area contributed by atoms with Gasteiger partial charge in [-0.1, -0.05) is 124 Å². The fraction of sp³-hybridized carbons (Fsp3) is 0.405. The minimum absolute atomic E-state index is 0.0978. The first-order chi connectivity index (χ1) is 24.3. The van der Waals surface area contributed by atoms with Gasteiger partial charge in [-0.05, 0) is 68.7 Å². The van der Waals surface area contributed by atoms with E-state index in [9.17, 15) is 14.4 Å². The van der Waals surface area contributed by atoms with Gasteiger partial charge in [-0.15, -0.1) is 0 Å². The molecule has 0 aliphatic carbocycles. The number of hydrogen-bond acceptors (Lipinski definition) is 7. The lowest BCUT2D eigenvalue weighted by atomic mass is 9.76. The topological polar surface area (TPSA) is 99.2 Å². The Bertz CT molecular complexity index is 1730. The largest absolute Gasteiger partial charge is 0.457 e. The number of nitrogens with zero attached hydrogens (tertiary/aromatic N) is 1. The third kappa shape index (κ3) is 7.97. The van der Waals surface area contributed by atoms with Gasteiger partial charge in [-0.2, -0.15) is 0 Å². The predicted octanol–water partition coefficient (Wildman–Crippen LogP) is 6.83. The Morgan fingerprint density at radius 3 is 1.65 bits per heavy atom. The third-order valence-corrected chi connectivity index (χ3v) is 19.0. The van der Waals surface area contributed by atoms with Crippen LogP contribution in [0.3, 0.4) is 0 Å². The zero-order chi connectivity index (χ0) is 38.6. The zero-order valence-corrected chi connectivity index (χ0v) is 34.1. The van der Waals surface area contributed by atoms with E-state index in [1.165, 1.54) is 11.0 Å². The maximum Gasteiger partial charge on any atom is 0.356 e. The van der Waals surface area contributed by atoms with Crippen molar-refractivity contribution < 1.29 is 33.1 Å². The molecule has 8 nitrogen and oxygen atoms in total. The maximum absolute atomic E-state index is 15.0. The third-order valence-electron chi connectivity index (χ3n) is 10.2. The lowest BCUT2D eigenvalue weighted by Crippen LogP contribution is -2.71. The number of ether oxygens (including phenoxy) is 2. The van der Waals surface area contributed by atoms with Gasteiger partial charge in [0.2, 0.25) is 5.91 Å². The van der Waals surface area contributed by atoms with Gasteiger partial charge in [0.15, 0.2) is 8.32 Å². The van der Waals surface area contributed by atoms with Crippen LogP contribution in [0.2, 0.25) is 18.1 Å². The van der Waals surface area contributed by atoms with Crippen molar-refractivity contribution in [3.63, 3.8) is 0 Å². The Labute approximate surface area is 310 Å². The molecular weight excluding hydrogens is 690 g/mol. The summed E-state index contributed by atoms with van der Waals surface area (Å²) in [5.74, 6) is -4.38. The first-order valence-corrected chi connectivity index (χ1v) is 22.5. The second kappa shape index (κ2) is 15.9. The van der Waals surface area contributed by atoms with Gasteiger partial charge in [0, 0.05) is 6.89 Å². The molecule has 4 unspecified atom stereocenters. The predicted molar refractivity (Wildman–Crippen MR) is 213 cm³/mol. The molecule has 3 aromatic carbocycles. The lowest BCUT2D eigenvalue weighted by Gasteiger charge is -2.54. The first-order valence-electron chi connectivity index (χ1n) is 17.8. The van der Waals surface area contributed by atoms with Crippen LogP contribution in [-0.2, 0) is 33.1 Å². The summed E-state index contributed by atoms with van der Waals surface area (Å²) in [6.45, 7) is 19.5. The van der Waals surface area contributed by atoms with Crippen molar-refractivity contribution in [1.29, 1.82) is 0 Å². The number of carbonyl (C=O) groups is 4. The Balaban J connectivity index is 2.13. The quantitative estimate of drug-likeness (QED) is 0.0501. The maximum atomic E-state index is 15.0. The highest BCUT2D eigenvalue weighted by Crippen LogP contribution is 2.51. The molecule has 3 aromatic rings. The second-order valence-corrected chi connectivity index (χ2v) is 24.0. The molecule has 1 fully saturated rings. The van der Waals surface area contributed by atoms with Gasteiger partial charge in [-0.25, -0.2) is 4.79 Å². The van der Waals surface area contributed by atoms with Gasteiger partial charge in [0.1, 0.15) is 12.0 Å². The molecule has 52 heavy (non-hydrogen) atoms. The molecule has 4 rings (SSSR count). The number of hydrogen-bond donors (Lipinski definition) is 0. The summed E-state index contributed by atoms with van der Waals surface area (Å²) in [6, 6.07) is 28.1. The van der Waals surface area contributed by atoms with Crippen molar-refractivity contribution in [2.45, 2.75) is 85.7 Å². The highest BCUT2D eigenvalue weighted by atomic mass is 31.2. The van der Waals surface area contributed by atoms with E-state index in [2.05, 4.69) is 40.4 Å². The highest BCUT2D eigenvalue weighted by molar-refractivity contribution is 7.96. The van der Waals surface area contributed by atoms with E-state index in [1.807, 2.05) is 97.9 Å². The van der Waals surface area contributed by atoms with Crippen LogP contribution in [0.4, 0.5) is 0 Å². The Hall–Kier alpha value is -4.04. The minimum atomic E-state index is -3.24. The summed E-state index contributed by atoms with van der Waals surface area (Å²) in [6.07, 6.45) is 0.862. The van der Waals surface area contributed by atoms with Crippen LogP contribution in [0.1, 0.15) is 55.4 Å². The highest BCUT2D eigenvalue weighted by Gasteiger charge is 2.60. The summed E-state index contributed by atoms with van der Waals surface area (Å²) in [7, 11) is -2.41. The smallest absolute Gasteiger partial charge is 0.356 e. The number of esters is 3. The summed E-state index contributed by atoms with van der Waals surface area (Å²) in [4.78, 5) is 58.4. The van der Waals surface area contributed by atoms with Crippen molar-refractivity contribution in [1.82, 2.24) is 4.90 Å². The SMILES string of the molecule is C=CCOC(=O)C(N1C(=O)C(C(C)O[Si](C)(C)C(C)(C)C)C1C(C)C(=O)OC(=O)C(C)(C)C)=P(c1ccccc1)(c1ccccc1)c1ccccc1. The van der Waals surface area contributed by atoms with Crippen LogP contribution in [0, 0.1) is 17.3 Å². The molecule has 0 aromatic heterocycles. The first kappa shape index (κ1) is 40.7. The minimum Gasteiger partial charge on any atom is -0.457 e. The van der Waals surface area contributed by atoms with Gasteiger partial charge in [0.25, 0.3) is 0 Å².